The summed E-state index contributed by atoms with van der Waals surface area (Å²) in [5.74, 6) is 0.409. The second-order valence-corrected chi connectivity index (χ2v) is 13.8. The number of ether oxygens (including phenoxy) is 2. The fraction of sp³-hybridized carbons (Fsp3) is 0.474. The van der Waals surface area contributed by atoms with Crippen molar-refractivity contribution in [1.29, 1.82) is 0 Å². The molecule has 3 aromatic carbocycles. The standard InChI is InChI=1S/C38H48O4/c1-8-37(6,7)30-17-19-31(20-18-30)38(25-9-11-27(2)12-10-26-38)32-21-23-33(24-22-32)41-34(39)28-13-15-29(16-14-28)35(40)42-36(3,4)5/h13-24,27H,8-12,25-26H2,1-7H3. The van der Waals surface area contributed by atoms with E-state index in [2.05, 4.69) is 64.1 Å². The van der Waals surface area contributed by atoms with Crippen molar-refractivity contribution < 1.29 is 19.1 Å². The van der Waals surface area contributed by atoms with Gasteiger partial charge in [-0.2, -0.15) is 0 Å². The monoisotopic (exact) mass is 568 g/mol. The maximum Gasteiger partial charge on any atom is 0.343 e. The van der Waals surface area contributed by atoms with E-state index in [-0.39, 0.29) is 10.8 Å². The van der Waals surface area contributed by atoms with E-state index < -0.39 is 17.5 Å². The van der Waals surface area contributed by atoms with Crippen molar-refractivity contribution in [2.75, 3.05) is 0 Å². The molecule has 0 spiro atoms. The molecule has 0 amide bonds. The van der Waals surface area contributed by atoms with Gasteiger partial charge < -0.3 is 9.47 Å². The minimum atomic E-state index is -0.580. The van der Waals surface area contributed by atoms with Crippen LogP contribution in [0.3, 0.4) is 0 Å². The molecule has 4 rings (SSSR count). The van der Waals surface area contributed by atoms with Crippen LogP contribution in [0.5, 0.6) is 5.75 Å². The summed E-state index contributed by atoms with van der Waals surface area (Å²) in [6.07, 6.45) is 8.21. The van der Waals surface area contributed by atoms with Gasteiger partial charge in [-0.05, 0) is 104 Å². The van der Waals surface area contributed by atoms with Crippen molar-refractivity contribution >= 4 is 11.9 Å². The van der Waals surface area contributed by atoms with Gasteiger partial charge in [0.2, 0.25) is 0 Å². The van der Waals surface area contributed by atoms with Crippen LogP contribution in [0.25, 0.3) is 0 Å². The Morgan fingerprint density at radius 2 is 1.21 bits per heavy atom. The van der Waals surface area contributed by atoms with Crippen molar-refractivity contribution in [2.24, 2.45) is 5.92 Å². The highest BCUT2D eigenvalue weighted by atomic mass is 16.6. The van der Waals surface area contributed by atoms with E-state index in [1.54, 1.807) is 24.3 Å². The molecular weight excluding hydrogens is 520 g/mol. The average Bonchev–Trinajstić information content (AvgIpc) is 2.95. The van der Waals surface area contributed by atoms with E-state index in [1.165, 1.54) is 42.4 Å². The lowest BCUT2D eigenvalue weighted by Crippen LogP contribution is -2.30. The third-order valence-electron chi connectivity index (χ3n) is 9.08. The fourth-order valence-corrected chi connectivity index (χ4v) is 6.05. The molecule has 0 aliphatic heterocycles. The number of benzene rings is 3. The summed E-state index contributed by atoms with van der Waals surface area (Å²) in [7, 11) is 0. The molecule has 1 aliphatic rings. The molecule has 0 N–H and O–H groups in total. The van der Waals surface area contributed by atoms with Crippen LogP contribution in [-0.4, -0.2) is 17.5 Å². The van der Waals surface area contributed by atoms with Crippen LogP contribution in [0.2, 0.25) is 0 Å². The first-order valence-electron chi connectivity index (χ1n) is 15.6. The lowest BCUT2D eigenvalue weighted by Gasteiger charge is -2.38. The SMILES string of the molecule is CCC(C)(C)c1ccc(C2(c3ccc(OC(=O)c4ccc(C(=O)OC(C)(C)C)cc4)cc3)CCCC(C)CCC2)cc1. The summed E-state index contributed by atoms with van der Waals surface area (Å²) in [4.78, 5) is 25.2. The fourth-order valence-electron chi connectivity index (χ4n) is 6.05. The van der Waals surface area contributed by atoms with E-state index in [0.717, 1.165) is 25.2 Å². The molecule has 0 aromatic heterocycles. The highest BCUT2D eigenvalue weighted by Gasteiger charge is 2.35. The van der Waals surface area contributed by atoms with Crippen LogP contribution in [0.4, 0.5) is 0 Å². The summed E-state index contributed by atoms with van der Waals surface area (Å²) in [5, 5.41) is 0. The van der Waals surface area contributed by atoms with Crippen molar-refractivity contribution in [3.8, 4) is 5.75 Å². The lowest BCUT2D eigenvalue weighted by atomic mass is 9.66. The first-order valence-corrected chi connectivity index (χ1v) is 15.6. The number of rotatable bonds is 7. The predicted molar refractivity (Wildman–Crippen MR) is 170 cm³/mol. The molecule has 224 valence electrons. The second-order valence-electron chi connectivity index (χ2n) is 13.8. The van der Waals surface area contributed by atoms with Crippen LogP contribution in [0.1, 0.15) is 131 Å². The summed E-state index contributed by atoms with van der Waals surface area (Å²) in [6.45, 7) is 14.7. The van der Waals surface area contributed by atoms with Crippen molar-refractivity contribution in [2.45, 2.75) is 110 Å². The minimum absolute atomic E-state index is 0.0605. The molecular formula is C38H48O4. The van der Waals surface area contributed by atoms with Gasteiger partial charge in [0.25, 0.3) is 0 Å². The van der Waals surface area contributed by atoms with Crippen LogP contribution >= 0.6 is 0 Å². The molecule has 42 heavy (non-hydrogen) atoms. The predicted octanol–water partition coefficient (Wildman–Crippen LogP) is 9.83. The third-order valence-corrected chi connectivity index (χ3v) is 9.08. The summed E-state index contributed by atoms with van der Waals surface area (Å²) in [5.41, 5.74) is 4.33. The molecule has 0 radical (unpaired) electrons. The van der Waals surface area contributed by atoms with E-state index in [0.29, 0.717) is 16.9 Å². The van der Waals surface area contributed by atoms with Crippen molar-refractivity contribution in [3.05, 3.63) is 101 Å². The number of carbonyl (C=O) groups is 2. The molecule has 0 atom stereocenters. The Morgan fingerprint density at radius 3 is 1.69 bits per heavy atom. The summed E-state index contributed by atoms with van der Waals surface area (Å²) >= 11 is 0. The van der Waals surface area contributed by atoms with Crippen molar-refractivity contribution in [3.63, 3.8) is 0 Å². The molecule has 0 unspecified atom stereocenters. The van der Waals surface area contributed by atoms with Gasteiger partial charge >= 0.3 is 11.9 Å². The highest BCUT2D eigenvalue weighted by molar-refractivity contribution is 5.94. The quantitative estimate of drug-likeness (QED) is 0.210. The molecule has 0 heterocycles. The number of hydrogen-bond acceptors (Lipinski definition) is 4. The van der Waals surface area contributed by atoms with E-state index >= 15 is 0 Å². The average molecular weight is 569 g/mol. The van der Waals surface area contributed by atoms with Crippen LogP contribution < -0.4 is 4.74 Å². The van der Waals surface area contributed by atoms with Gasteiger partial charge in [0, 0.05) is 5.41 Å². The molecule has 3 aromatic rings. The molecule has 1 fully saturated rings. The smallest absolute Gasteiger partial charge is 0.343 e. The van der Waals surface area contributed by atoms with E-state index in [4.69, 9.17) is 9.47 Å². The zero-order chi connectivity index (χ0) is 30.5. The maximum absolute atomic E-state index is 12.9. The van der Waals surface area contributed by atoms with Crippen LogP contribution in [0, 0.1) is 5.92 Å². The van der Waals surface area contributed by atoms with Gasteiger partial charge in [0.05, 0.1) is 11.1 Å². The molecule has 1 aliphatic carbocycles. The zero-order valence-corrected chi connectivity index (χ0v) is 26.6. The summed E-state index contributed by atoms with van der Waals surface area (Å²) < 4.78 is 11.1. The second kappa shape index (κ2) is 12.9. The molecule has 1 saturated carbocycles. The molecule has 4 heteroatoms. The number of hydrogen-bond donors (Lipinski definition) is 0. The highest BCUT2D eigenvalue weighted by Crippen LogP contribution is 2.45. The topological polar surface area (TPSA) is 52.6 Å². The Morgan fingerprint density at radius 1 is 0.738 bits per heavy atom. The Labute approximate surface area is 252 Å². The molecule has 0 bridgehead atoms. The Hall–Kier alpha value is -3.40. The first kappa shape index (κ1) is 31.5. The van der Waals surface area contributed by atoms with Crippen LogP contribution in [0.15, 0.2) is 72.8 Å². The zero-order valence-electron chi connectivity index (χ0n) is 26.6. The van der Waals surface area contributed by atoms with Crippen LogP contribution in [-0.2, 0) is 15.6 Å². The van der Waals surface area contributed by atoms with Crippen molar-refractivity contribution in [1.82, 2.24) is 0 Å². The largest absolute Gasteiger partial charge is 0.456 e. The van der Waals surface area contributed by atoms with Gasteiger partial charge in [-0.3, -0.25) is 0 Å². The van der Waals surface area contributed by atoms with Gasteiger partial charge in [0.15, 0.2) is 0 Å². The Kier molecular flexibility index (Phi) is 9.65. The third kappa shape index (κ3) is 7.51. The van der Waals surface area contributed by atoms with Gasteiger partial charge in [-0.25, -0.2) is 9.59 Å². The van der Waals surface area contributed by atoms with Gasteiger partial charge in [-0.15, -0.1) is 0 Å². The number of carbonyl (C=O) groups excluding carboxylic acids is 2. The Balaban J connectivity index is 1.55. The van der Waals surface area contributed by atoms with Gasteiger partial charge in [-0.1, -0.05) is 89.8 Å². The van der Waals surface area contributed by atoms with E-state index in [9.17, 15) is 9.59 Å². The molecule has 0 saturated heterocycles. The van der Waals surface area contributed by atoms with E-state index in [1.807, 2.05) is 32.9 Å². The minimum Gasteiger partial charge on any atom is -0.456 e. The summed E-state index contributed by atoms with van der Waals surface area (Å²) in [6, 6.07) is 23.9. The number of esters is 2. The Bertz CT molecular complexity index is 1330. The first-order chi connectivity index (χ1) is 19.8. The lowest BCUT2D eigenvalue weighted by molar-refractivity contribution is 0.00691. The maximum atomic E-state index is 12.9. The molecule has 4 nitrogen and oxygen atoms in total. The normalized spacial score (nSPS) is 19.8. The van der Waals surface area contributed by atoms with Gasteiger partial charge in [0.1, 0.15) is 11.4 Å².